The van der Waals surface area contributed by atoms with Crippen LogP contribution in [0.3, 0.4) is 0 Å². The maximum absolute atomic E-state index is 9.90. The fraction of sp³-hybridized carbons (Fsp3) is 0.500. The molecule has 2 aliphatic heterocycles. The lowest BCUT2D eigenvalue weighted by Gasteiger charge is -2.30. The Morgan fingerprint density at radius 1 is 0.964 bits per heavy atom. The van der Waals surface area contributed by atoms with E-state index in [0.29, 0.717) is 11.8 Å². The van der Waals surface area contributed by atoms with Gasteiger partial charge in [0, 0.05) is 45.9 Å². The number of rotatable bonds is 6. The van der Waals surface area contributed by atoms with E-state index in [1.165, 1.54) is 22.3 Å². The van der Waals surface area contributed by atoms with Gasteiger partial charge in [-0.25, -0.2) is 0 Å². The Balaban J connectivity index is 1.41. The van der Waals surface area contributed by atoms with E-state index in [4.69, 9.17) is 4.74 Å². The van der Waals surface area contributed by atoms with Crippen molar-refractivity contribution >= 4 is 0 Å². The zero-order valence-electron chi connectivity index (χ0n) is 16.9. The molecule has 0 amide bonds. The number of hydrogen-bond acceptors (Lipinski definition) is 4. The van der Waals surface area contributed by atoms with Crippen molar-refractivity contribution in [1.29, 1.82) is 0 Å². The van der Waals surface area contributed by atoms with Gasteiger partial charge in [-0.05, 0) is 47.1 Å². The summed E-state index contributed by atoms with van der Waals surface area (Å²) in [6.07, 6.45) is 0. The lowest BCUT2D eigenvalue weighted by Crippen LogP contribution is -2.41. The van der Waals surface area contributed by atoms with E-state index in [0.717, 1.165) is 52.5 Å². The minimum Gasteiger partial charge on any atom is -0.396 e. The molecule has 1 N–H and O–H groups in total. The highest BCUT2D eigenvalue weighted by molar-refractivity contribution is 5.67. The average Bonchev–Trinajstić information content (AvgIpc) is 3.10. The van der Waals surface area contributed by atoms with Crippen molar-refractivity contribution in [2.75, 3.05) is 52.5 Å². The molecular formula is C24H32N2O2. The zero-order valence-corrected chi connectivity index (χ0v) is 16.9. The Morgan fingerprint density at radius 3 is 2.54 bits per heavy atom. The molecule has 0 aromatic heterocycles. The molecular weight excluding hydrogens is 348 g/mol. The second kappa shape index (κ2) is 9.19. The molecule has 2 atom stereocenters. The van der Waals surface area contributed by atoms with Gasteiger partial charge in [0.15, 0.2) is 0 Å². The molecule has 4 nitrogen and oxygen atoms in total. The summed E-state index contributed by atoms with van der Waals surface area (Å²) < 4.78 is 5.47. The first kappa shape index (κ1) is 19.6. The number of ether oxygens (including phenoxy) is 1. The second-order valence-corrected chi connectivity index (χ2v) is 8.33. The van der Waals surface area contributed by atoms with E-state index in [1.807, 2.05) is 0 Å². The molecule has 0 radical (unpaired) electrons. The molecule has 2 aromatic rings. The number of nitrogens with zero attached hydrogens (tertiary/aromatic N) is 2. The third kappa shape index (κ3) is 4.64. The molecule has 2 fully saturated rings. The van der Waals surface area contributed by atoms with E-state index in [2.05, 4.69) is 65.3 Å². The summed E-state index contributed by atoms with van der Waals surface area (Å²) in [7, 11) is 0. The van der Waals surface area contributed by atoms with Crippen molar-refractivity contribution < 1.29 is 9.84 Å². The lowest BCUT2D eigenvalue weighted by atomic mass is 9.96. The first-order valence-electron chi connectivity index (χ1n) is 10.5. The third-order valence-electron chi connectivity index (χ3n) is 6.27. The van der Waals surface area contributed by atoms with Crippen molar-refractivity contribution in [2.24, 2.45) is 11.8 Å². The summed E-state index contributed by atoms with van der Waals surface area (Å²) in [4.78, 5) is 5.02. The Kier molecular flexibility index (Phi) is 6.43. The van der Waals surface area contributed by atoms with Gasteiger partial charge in [0.2, 0.25) is 0 Å². The zero-order chi connectivity index (χ0) is 19.3. The monoisotopic (exact) mass is 380 g/mol. The topological polar surface area (TPSA) is 35.9 Å². The standard InChI is InChI=1S/C24H32N2O2/c1-19-5-2-3-8-24(19)21-7-4-6-20(13-21)14-26-16-22(23(17-26)18-27)15-25-9-11-28-12-10-25/h2-8,13,22-23,27H,9-12,14-18H2,1H3. The summed E-state index contributed by atoms with van der Waals surface area (Å²) in [5, 5.41) is 9.90. The van der Waals surface area contributed by atoms with E-state index in [1.54, 1.807) is 0 Å². The smallest absolute Gasteiger partial charge is 0.0594 e. The highest BCUT2D eigenvalue weighted by atomic mass is 16.5. The van der Waals surface area contributed by atoms with Crippen molar-refractivity contribution in [3.05, 3.63) is 59.7 Å². The van der Waals surface area contributed by atoms with Crippen LogP contribution in [0.4, 0.5) is 0 Å². The molecule has 0 aliphatic carbocycles. The van der Waals surface area contributed by atoms with Crippen molar-refractivity contribution in [3.63, 3.8) is 0 Å². The largest absolute Gasteiger partial charge is 0.396 e. The average molecular weight is 381 g/mol. The highest BCUT2D eigenvalue weighted by Gasteiger charge is 2.33. The Bertz CT molecular complexity index is 773. The number of aliphatic hydroxyl groups excluding tert-OH is 1. The predicted molar refractivity (Wildman–Crippen MR) is 113 cm³/mol. The van der Waals surface area contributed by atoms with Crippen molar-refractivity contribution in [2.45, 2.75) is 13.5 Å². The molecule has 2 unspecified atom stereocenters. The normalized spacial score (nSPS) is 23.9. The number of morpholine rings is 1. The summed E-state index contributed by atoms with van der Waals surface area (Å²) >= 11 is 0. The fourth-order valence-corrected chi connectivity index (χ4v) is 4.69. The van der Waals surface area contributed by atoms with Gasteiger partial charge in [-0.3, -0.25) is 9.80 Å². The van der Waals surface area contributed by atoms with Crippen LogP contribution in [0.5, 0.6) is 0 Å². The second-order valence-electron chi connectivity index (χ2n) is 8.33. The van der Waals surface area contributed by atoms with Gasteiger partial charge in [-0.2, -0.15) is 0 Å². The van der Waals surface area contributed by atoms with Gasteiger partial charge in [-0.1, -0.05) is 42.5 Å². The minimum atomic E-state index is 0.286. The van der Waals surface area contributed by atoms with Crippen LogP contribution in [0.25, 0.3) is 11.1 Å². The van der Waals surface area contributed by atoms with Crippen LogP contribution in [0.15, 0.2) is 48.5 Å². The fourth-order valence-electron chi connectivity index (χ4n) is 4.69. The molecule has 2 saturated heterocycles. The molecule has 4 rings (SSSR count). The van der Waals surface area contributed by atoms with Crippen LogP contribution >= 0.6 is 0 Å². The molecule has 0 saturated carbocycles. The van der Waals surface area contributed by atoms with Crippen LogP contribution in [0.2, 0.25) is 0 Å². The number of aryl methyl sites for hydroxylation is 1. The Hall–Kier alpha value is -1.72. The maximum atomic E-state index is 9.90. The lowest BCUT2D eigenvalue weighted by molar-refractivity contribution is 0.0264. The molecule has 2 aromatic carbocycles. The highest BCUT2D eigenvalue weighted by Crippen LogP contribution is 2.28. The molecule has 0 bridgehead atoms. The molecule has 2 aliphatic rings. The van der Waals surface area contributed by atoms with Crippen LogP contribution in [0, 0.1) is 18.8 Å². The van der Waals surface area contributed by atoms with Gasteiger partial charge >= 0.3 is 0 Å². The van der Waals surface area contributed by atoms with Crippen molar-refractivity contribution in [3.8, 4) is 11.1 Å². The van der Waals surface area contributed by atoms with Crippen LogP contribution < -0.4 is 0 Å². The predicted octanol–water partition coefficient (Wildman–Crippen LogP) is 3.03. The molecule has 4 heteroatoms. The molecule has 2 heterocycles. The first-order valence-corrected chi connectivity index (χ1v) is 10.5. The quantitative estimate of drug-likeness (QED) is 0.836. The van der Waals surface area contributed by atoms with E-state index >= 15 is 0 Å². The van der Waals surface area contributed by atoms with Gasteiger partial charge in [0.1, 0.15) is 0 Å². The first-order chi connectivity index (χ1) is 13.7. The Morgan fingerprint density at radius 2 is 1.75 bits per heavy atom. The van der Waals surface area contributed by atoms with Gasteiger partial charge in [0.05, 0.1) is 13.2 Å². The van der Waals surface area contributed by atoms with Crippen molar-refractivity contribution in [1.82, 2.24) is 9.80 Å². The molecule has 28 heavy (non-hydrogen) atoms. The molecule has 150 valence electrons. The third-order valence-corrected chi connectivity index (χ3v) is 6.27. The number of benzene rings is 2. The Labute approximate surface area is 168 Å². The maximum Gasteiger partial charge on any atom is 0.0594 e. The van der Waals surface area contributed by atoms with E-state index in [-0.39, 0.29) is 6.61 Å². The number of hydrogen-bond donors (Lipinski definition) is 1. The van der Waals surface area contributed by atoms with Gasteiger partial charge in [0.25, 0.3) is 0 Å². The summed E-state index contributed by atoms with van der Waals surface area (Å²) in [5.74, 6) is 0.921. The molecule has 0 spiro atoms. The van der Waals surface area contributed by atoms with Crippen LogP contribution in [-0.2, 0) is 11.3 Å². The van der Waals surface area contributed by atoms with Gasteiger partial charge < -0.3 is 9.84 Å². The number of aliphatic hydroxyl groups is 1. The summed E-state index contributed by atoms with van der Waals surface area (Å²) in [5.41, 5.74) is 5.26. The SMILES string of the molecule is Cc1ccccc1-c1cccc(CN2CC(CO)C(CN3CCOCC3)C2)c1. The summed E-state index contributed by atoms with van der Waals surface area (Å²) in [6, 6.07) is 17.5. The van der Waals surface area contributed by atoms with Gasteiger partial charge in [-0.15, -0.1) is 0 Å². The number of likely N-dealkylation sites (tertiary alicyclic amines) is 1. The van der Waals surface area contributed by atoms with Crippen LogP contribution in [-0.4, -0.2) is 67.5 Å². The van der Waals surface area contributed by atoms with E-state index in [9.17, 15) is 5.11 Å². The van der Waals surface area contributed by atoms with Crippen LogP contribution in [0.1, 0.15) is 11.1 Å². The summed E-state index contributed by atoms with van der Waals surface area (Å²) in [6.45, 7) is 10.3. The minimum absolute atomic E-state index is 0.286. The van der Waals surface area contributed by atoms with E-state index < -0.39 is 0 Å².